The molecule has 3 heterocycles. The Morgan fingerprint density at radius 2 is 2.02 bits per heavy atom. The summed E-state index contributed by atoms with van der Waals surface area (Å²) in [4.78, 5) is 25.0. The third-order valence-corrected chi connectivity index (χ3v) is 10.4. The first kappa shape index (κ1) is 31.2. The summed E-state index contributed by atoms with van der Waals surface area (Å²) in [5, 5.41) is 15.8. The Labute approximate surface area is 253 Å². The molecule has 1 fully saturated rings. The summed E-state index contributed by atoms with van der Waals surface area (Å²) < 4.78 is 38.7. The Hall–Kier alpha value is -3.26. The Bertz CT molecular complexity index is 1680. The molecule has 1 saturated heterocycles. The smallest absolute Gasteiger partial charge is 0.459 e. The number of nitrogen functional groups attached to an aromatic ring is 1. The van der Waals surface area contributed by atoms with Crippen LogP contribution < -0.4 is 20.1 Å². The van der Waals surface area contributed by atoms with Crippen molar-refractivity contribution >= 4 is 53.2 Å². The SMILES string of the molecule is CCOc1nc(N)nc2c1ncn2[C@@H]1O[C@H](COP(=O)(N[C@@H](C)C(C)=O)Oc2cccc3ccccc23)[C@@H](O)[C@@]1(C)SC. The van der Waals surface area contributed by atoms with Gasteiger partial charge < -0.3 is 24.8 Å². The zero-order chi connectivity index (χ0) is 30.9. The number of aliphatic hydroxyl groups excluding tert-OH is 1. The van der Waals surface area contributed by atoms with Gasteiger partial charge in [-0.25, -0.2) is 14.6 Å². The second-order valence-corrected chi connectivity index (χ2v) is 13.3. The van der Waals surface area contributed by atoms with Gasteiger partial charge in [0.1, 0.15) is 23.7 Å². The van der Waals surface area contributed by atoms with E-state index in [1.54, 1.807) is 23.6 Å². The second kappa shape index (κ2) is 12.4. The molecule has 0 aliphatic carbocycles. The fourth-order valence-electron chi connectivity index (χ4n) is 4.89. The highest BCUT2D eigenvalue weighted by molar-refractivity contribution is 8.00. The number of carbonyl (C=O) groups is 1. The van der Waals surface area contributed by atoms with E-state index in [0.717, 1.165) is 10.8 Å². The molecule has 1 aliphatic rings. The van der Waals surface area contributed by atoms with Crippen LogP contribution in [-0.4, -0.2) is 72.9 Å². The lowest BCUT2D eigenvalue weighted by Gasteiger charge is -2.31. The van der Waals surface area contributed by atoms with Crippen LogP contribution in [0.5, 0.6) is 11.6 Å². The highest BCUT2D eigenvalue weighted by atomic mass is 32.2. The number of nitrogens with two attached hydrogens (primary N) is 1. The Morgan fingerprint density at radius 1 is 1.28 bits per heavy atom. The van der Waals surface area contributed by atoms with Crippen molar-refractivity contribution in [2.24, 2.45) is 0 Å². The minimum Gasteiger partial charge on any atom is -0.476 e. The first-order chi connectivity index (χ1) is 20.5. The molecule has 0 radical (unpaired) electrons. The number of nitrogens with zero attached hydrogens (tertiary/aromatic N) is 4. The number of rotatable bonds is 12. The number of aliphatic hydroxyl groups is 1. The third kappa shape index (κ3) is 6.08. The van der Waals surface area contributed by atoms with Crippen LogP contribution >= 0.6 is 19.5 Å². The molecular weight excluding hydrogens is 595 g/mol. The van der Waals surface area contributed by atoms with Crippen molar-refractivity contribution in [2.75, 3.05) is 25.2 Å². The first-order valence-electron chi connectivity index (χ1n) is 13.7. The molecule has 5 rings (SSSR count). The van der Waals surface area contributed by atoms with Crippen LogP contribution in [0.2, 0.25) is 0 Å². The van der Waals surface area contributed by atoms with Crippen molar-refractivity contribution in [3.63, 3.8) is 0 Å². The average Bonchev–Trinajstić information content (AvgIpc) is 3.50. The number of nitrogens with one attached hydrogen (secondary N) is 1. The summed E-state index contributed by atoms with van der Waals surface area (Å²) in [6.07, 6.45) is 0.584. The minimum atomic E-state index is -4.17. The number of Topliss-reactive ketones (excluding diaryl/α,β-unsaturated/α-hetero) is 1. The summed E-state index contributed by atoms with van der Waals surface area (Å²) in [5.41, 5.74) is 6.72. The predicted octanol–water partition coefficient (Wildman–Crippen LogP) is 4.11. The lowest BCUT2D eigenvalue weighted by Crippen LogP contribution is -2.42. The topological polar surface area (TPSA) is 173 Å². The van der Waals surface area contributed by atoms with E-state index in [1.807, 2.05) is 50.4 Å². The van der Waals surface area contributed by atoms with Crippen molar-refractivity contribution in [3.05, 3.63) is 48.8 Å². The number of ether oxygens (including phenoxy) is 2. The second-order valence-electron chi connectivity index (χ2n) is 10.3. The quantitative estimate of drug-likeness (QED) is 0.191. The summed E-state index contributed by atoms with van der Waals surface area (Å²) in [6, 6.07) is 12.0. The Morgan fingerprint density at radius 3 is 2.74 bits per heavy atom. The van der Waals surface area contributed by atoms with E-state index in [0.29, 0.717) is 23.5 Å². The van der Waals surface area contributed by atoms with E-state index in [1.165, 1.54) is 25.0 Å². The largest absolute Gasteiger partial charge is 0.476 e. The van der Waals surface area contributed by atoms with Crippen molar-refractivity contribution in [2.45, 2.75) is 56.9 Å². The molecule has 0 spiro atoms. The molecule has 43 heavy (non-hydrogen) atoms. The van der Waals surface area contributed by atoms with E-state index >= 15 is 0 Å². The van der Waals surface area contributed by atoms with E-state index in [-0.39, 0.29) is 24.2 Å². The molecule has 4 aromatic rings. The molecule has 4 N–H and O–H groups in total. The molecule has 2 aromatic carbocycles. The van der Waals surface area contributed by atoms with Crippen LogP contribution in [0.25, 0.3) is 21.9 Å². The van der Waals surface area contributed by atoms with Gasteiger partial charge in [-0.3, -0.25) is 13.9 Å². The lowest BCUT2D eigenvalue weighted by atomic mass is 10.0. The fraction of sp³-hybridized carbons (Fsp3) is 0.429. The Balaban J connectivity index is 1.44. The van der Waals surface area contributed by atoms with E-state index in [4.69, 9.17) is 24.3 Å². The summed E-state index contributed by atoms with van der Waals surface area (Å²) in [7, 11) is -4.17. The van der Waals surface area contributed by atoms with Crippen molar-refractivity contribution in [1.82, 2.24) is 24.6 Å². The van der Waals surface area contributed by atoms with Crippen molar-refractivity contribution in [1.29, 1.82) is 0 Å². The molecular formula is C28H35N6O7PS. The van der Waals surface area contributed by atoms with Gasteiger partial charge >= 0.3 is 7.75 Å². The molecule has 0 bridgehead atoms. The number of benzene rings is 2. The molecule has 1 aliphatic heterocycles. The maximum absolute atomic E-state index is 14.1. The third-order valence-electron chi connectivity index (χ3n) is 7.45. The van der Waals surface area contributed by atoms with Gasteiger partial charge in [-0.2, -0.15) is 21.7 Å². The van der Waals surface area contributed by atoms with Crippen LogP contribution in [-0.2, 0) is 18.6 Å². The summed E-state index contributed by atoms with van der Waals surface area (Å²) >= 11 is 1.39. The van der Waals surface area contributed by atoms with Crippen LogP contribution in [0, 0.1) is 0 Å². The average molecular weight is 631 g/mol. The minimum absolute atomic E-state index is 0.000767. The van der Waals surface area contributed by atoms with E-state index < -0.39 is 37.0 Å². The molecule has 2 aromatic heterocycles. The number of fused-ring (bicyclic) bond motifs is 2. The molecule has 0 saturated carbocycles. The summed E-state index contributed by atoms with van der Waals surface area (Å²) in [6.45, 7) is 6.65. The van der Waals surface area contributed by atoms with Gasteiger partial charge in [0.15, 0.2) is 17.4 Å². The number of carbonyl (C=O) groups excluding carboxylic acids is 1. The standard InChI is InChI=1S/C28H35N6O7PS/c1-6-38-25-22-24(31-27(29)32-25)34(15-30-22)26-28(4,43-5)23(36)21(40-26)14-39-42(37,33-16(2)17(3)35)41-20-13-9-11-18-10-7-8-12-19(18)20/h7-13,15-16,21,23,26,36H,6,14H2,1-5H3,(H,33,37)(H2,29,31,32)/t16-,21+,23+,26+,28+,42?/m0/s1. The van der Waals surface area contributed by atoms with E-state index in [2.05, 4.69) is 20.0 Å². The van der Waals surface area contributed by atoms with Gasteiger partial charge in [-0.1, -0.05) is 36.4 Å². The van der Waals surface area contributed by atoms with Gasteiger partial charge in [-0.15, -0.1) is 0 Å². The molecule has 13 nitrogen and oxygen atoms in total. The summed E-state index contributed by atoms with van der Waals surface area (Å²) in [5.74, 6) is 0.304. The van der Waals surface area contributed by atoms with Crippen LogP contribution in [0.1, 0.15) is 33.9 Å². The maximum atomic E-state index is 14.1. The number of imidazole rings is 1. The number of aromatic nitrogens is 4. The predicted molar refractivity (Wildman–Crippen MR) is 164 cm³/mol. The van der Waals surface area contributed by atoms with Crippen LogP contribution in [0.4, 0.5) is 5.95 Å². The Kier molecular flexibility index (Phi) is 8.98. The van der Waals surface area contributed by atoms with Gasteiger partial charge in [0.05, 0.1) is 30.3 Å². The van der Waals surface area contributed by atoms with Crippen LogP contribution in [0.3, 0.4) is 0 Å². The van der Waals surface area contributed by atoms with Gasteiger partial charge in [0.2, 0.25) is 11.8 Å². The lowest BCUT2D eigenvalue weighted by molar-refractivity contribution is -0.118. The molecule has 6 atom stereocenters. The molecule has 1 unspecified atom stereocenters. The van der Waals surface area contributed by atoms with Crippen molar-refractivity contribution in [3.8, 4) is 11.6 Å². The monoisotopic (exact) mass is 630 g/mol. The molecule has 0 amide bonds. The van der Waals surface area contributed by atoms with E-state index in [9.17, 15) is 14.5 Å². The zero-order valence-corrected chi connectivity index (χ0v) is 26.2. The number of hydrogen-bond acceptors (Lipinski definition) is 12. The van der Waals surface area contributed by atoms with Crippen LogP contribution in [0.15, 0.2) is 48.8 Å². The first-order valence-corrected chi connectivity index (χ1v) is 16.5. The maximum Gasteiger partial charge on any atom is 0.459 e. The van der Waals surface area contributed by atoms with Gasteiger partial charge in [0.25, 0.3) is 0 Å². The number of ketones is 1. The molecule has 15 heteroatoms. The van der Waals surface area contributed by atoms with Gasteiger partial charge in [-0.05, 0) is 45.4 Å². The van der Waals surface area contributed by atoms with Crippen molar-refractivity contribution < 1.29 is 33.0 Å². The highest BCUT2D eigenvalue weighted by Gasteiger charge is 2.55. The zero-order valence-electron chi connectivity index (χ0n) is 24.5. The normalized spacial score (nSPS) is 24.2. The molecule has 230 valence electrons. The highest BCUT2D eigenvalue weighted by Crippen LogP contribution is 2.51. The van der Waals surface area contributed by atoms with Gasteiger partial charge in [0, 0.05) is 5.39 Å². The number of anilines is 1. The fourth-order valence-corrected chi connectivity index (χ4v) is 7.26. The number of hydrogen-bond donors (Lipinski definition) is 3. The number of thioether (sulfide) groups is 1.